The molecule has 0 aliphatic carbocycles. The Morgan fingerprint density at radius 2 is 1.93 bits per heavy atom. The van der Waals surface area contributed by atoms with E-state index < -0.39 is 23.5 Å². The SMILES string of the molecule is CCOC(=O)c1noc2nc(C)n([C@H](CC)C(=O)Nc3ccc(OC)cc3)c(=O)c12. The number of hydrogen-bond donors (Lipinski definition) is 1. The highest BCUT2D eigenvalue weighted by atomic mass is 16.5. The fourth-order valence-corrected chi connectivity index (χ4v) is 3.11. The summed E-state index contributed by atoms with van der Waals surface area (Å²) in [5, 5.41) is 6.30. The monoisotopic (exact) mass is 414 g/mol. The van der Waals surface area contributed by atoms with E-state index in [-0.39, 0.29) is 29.2 Å². The van der Waals surface area contributed by atoms with Crippen LogP contribution < -0.4 is 15.6 Å². The highest BCUT2D eigenvalue weighted by Crippen LogP contribution is 2.21. The van der Waals surface area contributed by atoms with Crippen LogP contribution in [0.2, 0.25) is 0 Å². The molecule has 0 saturated heterocycles. The number of esters is 1. The largest absolute Gasteiger partial charge is 0.497 e. The van der Waals surface area contributed by atoms with Crippen molar-refractivity contribution in [3.8, 4) is 5.75 Å². The fourth-order valence-electron chi connectivity index (χ4n) is 3.11. The van der Waals surface area contributed by atoms with Crippen molar-refractivity contribution in [2.75, 3.05) is 19.0 Å². The maximum absolute atomic E-state index is 13.2. The lowest BCUT2D eigenvalue weighted by Crippen LogP contribution is -2.35. The zero-order valence-electron chi connectivity index (χ0n) is 17.1. The molecule has 1 amide bonds. The van der Waals surface area contributed by atoms with Crippen molar-refractivity contribution in [1.29, 1.82) is 0 Å². The second-order valence-corrected chi connectivity index (χ2v) is 6.41. The molecule has 30 heavy (non-hydrogen) atoms. The third-order valence-electron chi connectivity index (χ3n) is 4.55. The van der Waals surface area contributed by atoms with Crippen molar-refractivity contribution in [2.24, 2.45) is 0 Å². The van der Waals surface area contributed by atoms with E-state index in [0.717, 1.165) is 0 Å². The van der Waals surface area contributed by atoms with Gasteiger partial charge in [-0.25, -0.2) is 4.79 Å². The van der Waals surface area contributed by atoms with Crippen molar-refractivity contribution >= 4 is 28.7 Å². The molecule has 3 rings (SSSR count). The van der Waals surface area contributed by atoms with Gasteiger partial charge in [-0.3, -0.25) is 14.2 Å². The lowest BCUT2D eigenvalue weighted by molar-refractivity contribution is -0.119. The number of hydrogen-bond acceptors (Lipinski definition) is 8. The van der Waals surface area contributed by atoms with E-state index in [2.05, 4.69) is 15.5 Å². The Hall–Kier alpha value is -3.69. The van der Waals surface area contributed by atoms with Crippen LogP contribution in [-0.4, -0.2) is 40.3 Å². The van der Waals surface area contributed by atoms with Gasteiger partial charge in [0, 0.05) is 5.69 Å². The number of nitrogens with zero attached hydrogens (tertiary/aromatic N) is 3. The first-order valence-electron chi connectivity index (χ1n) is 9.41. The Morgan fingerprint density at radius 3 is 2.53 bits per heavy atom. The molecule has 0 aliphatic rings. The standard InChI is InChI=1S/C20H22N4O6/c1-5-14(17(25)22-12-7-9-13(28-4)10-8-12)24-11(3)21-18-15(19(24)26)16(23-30-18)20(27)29-6-2/h7-10,14H,5-6H2,1-4H3,(H,22,25)/t14-/m1/s1. The van der Waals surface area contributed by atoms with Crippen LogP contribution in [0.3, 0.4) is 0 Å². The molecule has 0 radical (unpaired) electrons. The van der Waals surface area contributed by atoms with Gasteiger partial charge in [0.2, 0.25) is 11.6 Å². The highest BCUT2D eigenvalue weighted by Gasteiger charge is 2.28. The van der Waals surface area contributed by atoms with Gasteiger partial charge in [-0.05, 0) is 44.5 Å². The summed E-state index contributed by atoms with van der Waals surface area (Å²) in [5.74, 6) is -0.277. The minimum atomic E-state index is -0.860. The molecule has 0 spiro atoms. The van der Waals surface area contributed by atoms with E-state index >= 15 is 0 Å². The molecule has 10 nitrogen and oxygen atoms in total. The lowest BCUT2D eigenvalue weighted by atomic mass is 10.1. The Labute approximate surface area is 171 Å². The molecule has 0 saturated carbocycles. The van der Waals surface area contributed by atoms with Crippen LogP contribution in [0.5, 0.6) is 5.75 Å². The number of carbonyl (C=O) groups excluding carboxylic acids is 2. The quantitative estimate of drug-likeness (QED) is 0.585. The second kappa shape index (κ2) is 8.76. The first-order chi connectivity index (χ1) is 14.4. The normalized spacial score (nSPS) is 11.9. The summed E-state index contributed by atoms with van der Waals surface area (Å²) in [5.41, 5.74) is -0.388. The predicted molar refractivity (Wildman–Crippen MR) is 108 cm³/mol. The average Bonchev–Trinajstić information content (AvgIpc) is 3.15. The number of benzene rings is 1. The van der Waals surface area contributed by atoms with Crippen LogP contribution >= 0.6 is 0 Å². The van der Waals surface area contributed by atoms with Crippen LogP contribution in [0.15, 0.2) is 33.6 Å². The summed E-state index contributed by atoms with van der Waals surface area (Å²) in [6, 6.07) is 5.95. The van der Waals surface area contributed by atoms with Gasteiger partial charge in [0.05, 0.1) is 13.7 Å². The molecule has 2 heterocycles. The second-order valence-electron chi connectivity index (χ2n) is 6.41. The minimum absolute atomic E-state index is 0.0813. The number of anilines is 1. The van der Waals surface area contributed by atoms with E-state index in [0.29, 0.717) is 17.9 Å². The van der Waals surface area contributed by atoms with Crippen LogP contribution in [0.4, 0.5) is 5.69 Å². The van der Waals surface area contributed by atoms with Crippen molar-refractivity contribution in [2.45, 2.75) is 33.2 Å². The van der Waals surface area contributed by atoms with E-state index in [4.69, 9.17) is 14.0 Å². The number of aromatic nitrogens is 3. The van der Waals surface area contributed by atoms with Gasteiger partial charge in [-0.1, -0.05) is 12.1 Å². The first-order valence-corrected chi connectivity index (χ1v) is 9.41. The fraction of sp³-hybridized carbons (Fsp3) is 0.350. The number of rotatable bonds is 7. The van der Waals surface area contributed by atoms with Crippen molar-refractivity contribution in [3.05, 3.63) is 46.1 Å². The topological polar surface area (TPSA) is 126 Å². The van der Waals surface area contributed by atoms with Crippen LogP contribution in [0.1, 0.15) is 42.6 Å². The molecular formula is C20H22N4O6. The number of aryl methyl sites for hydroxylation is 1. The molecular weight excluding hydrogens is 392 g/mol. The van der Waals surface area contributed by atoms with Gasteiger partial charge in [0.1, 0.15) is 23.0 Å². The van der Waals surface area contributed by atoms with Crippen molar-refractivity contribution in [1.82, 2.24) is 14.7 Å². The Morgan fingerprint density at radius 1 is 1.23 bits per heavy atom. The molecule has 10 heteroatoms. The van der Waals surface area contributed by atoms with E-state index in [9.17, 15) is 14.4 Å². The van der Waals surface area contributed by atoms with E-state index in [1.807, 2.05) is 0 Å². The Balaban J connectivity index is 2.01. The minimum Gasteiger partial charge on any atom is -0.497 e. The summed E-state index contributed by atoms with van der Waals surface area (Å²) in [7, 11) is 1.55. The van der Waals surface area contributed by atoms with Gasteiger partial charge in [0.15, 0.2) is 0 Å². The van der Waals surface area contributed by atoms with Crippen LogP contribution in [0.25, 0.3) is 11.1 Å². The van der Waals surface area contributed by atoms with Gasteiger partial charge in [-0.2, -0.15) is 4.98 Å². The maximum Gasteiger partial charge on any atom is 0.361 e. The number of nitrogens with one attached hydrogen (secondary N) is 1. The molecule has 0 bridgehead atoms. The smallest absolute Gasteiger partial charge is 0.361 e. The lowest BCUT2D eigenvalue weighted by Gasteiger charge is -2.19. The Bertz CT molecular complexity index is 1130. The first kappa shape index (κ1) is 21.0. The Kier molecular flexibility index (Phi) is 6.14. The number of fused-ring (bicyclic) bond motifs is 1. The summed E-state index contributed by atoms with van der Waals surface area (Å²) in [4.78, 5) is 42.5. The summed E-state index contributed by atoms with van der Waals surface area (Å²) >= 11 is 0. The highest BCUT2D eigenvalue weighted by molar-refractivity contribution is 6.00. The van der Waals surface area contributed by atoms with Gasteiger partial charge < -0.3 is 19.3 Å². The molecule has 1 atom stereocenters. The molecule has 3 aromatic rings. The molecule has 0 aliphatic heterocycles. The van der Waals surface area contributed by atoms with Crippen LogP contribution in [0, 0.1) is 6.92 Å². The third kappa shape index (κ3) is 3.88. The number of amides is 1. The van der Waals surface area contributed by atoms with Crippen LogP contribution in [-0.2, 0) is 9.53 Å². The van der Waals surface area contributed by atoms with Crippen molar-refractivity contribution in [3.63, 3.8) is 0 Å². The van der Waals surface area contributed by atoms with Gasteiger partial charge in [-0.15, -0.1) is 0 Å². The number of carbonyl (C=O) groups is 2. The summed E-state index contributed by atoms with van der Waals surface area (Å²) < 4.78 is 16.3. The third-order valence-corrected chi connectivity index (χ3v) is 4.55. The van der Waals surface area contributed by atoms with Crippen molar-refractivity contribution < 1.29 is 23.6 Å². The van der Waals surface area contributed by atoms with E-state index in [1.165, 1.54) is 4.57 Å². The molecule has 158 valence electrons. The van der Waals surface area contributed by atoms with Gasteiger partial charge in [0.25, 0.3) is 11.3 Å². The predicted octanol–water partition coefficient (Wildman–Crippen LogP) is 2.47. The number of methoxy groups -OCH3 is 1. The number of ether oxygens (including phenoxy) is 2. The maximum atomic E-state index is 13.2. The average molecular weight is 414 g/mol. The molecule has 1 N–H and O–H groups in total. The summed E-state index contributed by atoms with van der Waals surface area (Å²) in [6.07, 6.45) is 0.315. The summed E-state index contributed by atoms with van der Waals surface area (Å²) in [6.45, 7) is 5.10. The molecule has 2 aromatic heterocycles. The zero-order valence-corrected chi connectivity index (χ0v) is 17.1. The molecule has 1 aromatic carbocycles. The zero-order chi connectivity index (χ0) is 21.8. The van der Waals surface area contributed by atoms with Gasteiger partial charge >= 0.3 is 5.97 Å². The molecule has 0 unspecified atom stereocenters. The van der Waals surface area contributed by atoms with E-state index in [1.54, 1.807) is 52.1 Å². The molecule has 0 fully saturated rings.